The maximum Gasteiger partial charge on any atom is 1.00 e. The smallest absolute Gasteiger partial charge is 1.00 e. The third-order valence-electron chi connectivity index (χ3n) is 0.175. The van der Waals surface area contributed by atoms with E-state index in [1.807, 2.05) is 0 Å². The Morgan fingerprint density at radius 3 is 1.33 bits per heavy atom. The Bertz CT molecular complexity index is 82.6. The van der Waals surface area contributed by atoms with Crippen LogP contribution in [0, 0.1) is 0 Å². The van der Waals surface area contributed by atoms with Gasteiger partial charge in [0, 0.05) is 0 Å². The number of carbonyl (C=O) groups excluding carboxylic acids is 1. The van der Waals surface area contributed by atoms with E-state index in [9.17, 15) is 0 Å². The van der Waals surface area contributed by atoms with Crippen molar-refractivity contribution in [2.75, 3.05) is 0 Å². The number of halogens is 1. The molecule has 0 aliphatic rings. The minimum atomic E-state index is -2.07. The Labute approximate surface area is 94.6 Å². The van der Waals surface area contributed by atoms with Gasteiger partial charge < -0.3 is 19.7 Å². The second-order valence-electron chi connectivity index (χ2n) is 0.593. The molecule has 1 N–H and O–H groups in total. The second kappa shape index (κ2) is 11.6. The van der Waals surface area contributed by atoms with Gasteiger partial charge in [0.15, 0.2) is 5.97 Å². The van der Waals surface area contributed by atoms with Crippen molar-refractivity contribution >= 4 is 11.9 Å². The van der Waals surface area contributed by atoms with Gasteiger partial charge in [0.1, 0.15) is 0 Å². The Morgan fingerprint density at radius 1 is 1.22 bits per heavy atom. The number of carbonyl (C=O) groups is 2. The first-order chi connectivity index (χ1) is 2.64. The van der Waals surface area contributed by atoms with E-state index >= 15 is 0 Å². The van der Waals surface area contributed by atoms with Crippen molar-refractivity contribution < 1.29 is 83.6 Å². The fourth-order valence-electron chi connectivity index (χ4n) is 0. The number of hydrogen-bond donors (Lipinski definition) is 1. The van der Waals surface area contributed by atoms with E-state index in [1.54, 1.807) is 0 Å². The van der Waals surface area contributed by atoms with Crippen molar-refractivity contribution in [2.24, 2.45) is 0 Å². The van der Waals surface area contributed by atoms with Gasteiger partial charge in [-0.2, -0.15) is 0 Å². The molecule has 0 saturated heterocycles. The molecule has 0 heterocycles. The van der Waals surface area contributed by atoms with Crippen LogP contribution in [0.2, 0.25) is 0 Å². The number of aliphatic carboxylic acids is 2. The van der Waals surface area contributed by atoms with Gasteiger partial charge in [0.05, 0.1) is 0 Å². The maximum atomic E-state index is 9.04. The van der Waals surface area contributed by atoms with Crippen molar-refractivity contribution in [2.45, 2.75) is 0 Å². The van der Waals surface area contributed by atoms with Crippen LogP contribution in [0.15, 0.2) is 0 Å². The molecular weight excluding hydrogens is 153 g/mol. The molecule has 42 valence electrons. The number of carboxylic acids is 2. The zero-order chi connectivity index (χ0) is 5.15. The molecule has 7 heteroatoms. The molecule has 0 atom stereocenters. The number of rotatable bonds is 0. The first kappa shape index (κ1) is 22.5. The normalized spacial score (nSPS) is 4.89. The van der Waals surface area contributed by atoms with Crippen LogP contribution in [0.25, 0.3) is 0 Å². The van der Waals surface area contributed by atoms with E-state index in [-0.39, 0.29) is 63.8 Å². The molecule has 0 unspecified atom stereocenters. The summed E-state index contributed by atoms with van der Waals surface area (Å²) in [5.41, 5.74) is 0. The average molecular weight is 154 g/mol. The van der Waals surface area contributed by atoms with Crippen molar-refractivity contribution in [3.8, 4) is 0 Å². The summed E-state index contributed by atoms with van der Waals surface area (Å²) in [5, 5.41) is 16.3. The van der Waals surface area contributed by atoms with Gasteiger partial charge in [0.25, 0.3) is 0 Å². The molecule has 0 aromatic carbocycles. The molecule has 9 heavy (non-hydrogen) atoms. The topological polar surface area (TPSA) is 77.4 Å². The average Bonchev–Trinajstić information content (AvgIpc) is 1.36. The molecule has 4 nitrogen and oxygen atoms in total. The van der Waals surface area contributed by atoms with Crippen LogP contribution in [0.5, 0.6) is 0 Å². The molecule has 0 amide bonds. The second-order valence-corrected chi connectivity index (χ2v) is 0.593. The van der Waals surface area contributed by atoms with E-state index in [0.717, 1.165) is 0 Å². The summed E-state index contributed by atoms with van der Waals surface area (Å²) < 4.78 is 0. The summed E-state index contributed by atoms with van der Waals surface area (Å²) >= 11 is 0. The van der Waals surface area contributed by atoms with Crippen LogP contribution in [0.3, 0.4) is 0 Å². The summed E-state index contributed by atoms with van der Waals surface area (Å²) in [6, 6.07) is 0. The molecule has 0 saturated carbocycles. The quantitative estimate of drug-likeness (QED) is 0.277. The maximum absolute atomic E-state index is 9.04. The van der Waals surface area contributed by atoms with Crippen LogP contribution in [-0.4, -0.2) is 17.0 Å². The Morgan fingerprint density at radius 2 is 1.33 bits per heavy atom. The monoisotopic (exact) mass is 154 g/mol. The molecule has 0 aliphatic carbocycles. The molecule has 0 fully saturated rings. The standard InChI is InChI=1S/C2H2O4.FH.2Na/c3-1(4)2(5)6;;;/h(H,3,4)(H,5,6);1H;;/q;;2*+1/p-2. The molecular formula is C2HFNa2O4. The predicted octanol–water partition coefficient (Wildman–Crippen LogP) is -11.2. The third-order valence-corrected chi connectivity index (χ3v) is 0.175. The van der Waals surface area contributed by atoms with E-state index in [1.165, 1.54) is 0 Å². The third kappa shape index (κ3) is 17.7. The van der Waals surface area contributed by atoms with Crippen molar-refractivity contribution in [1.82, 2.24) is 0 Å². The fourth-order valence-corrected chi connectivity index (χ4v) is 0. The zero-order valence-electron chi connectivity index (χ0n) is 5.05. The largest absolute Gasteiger partial charge is 1.00 e. The molecule has 0 spiro atoms. The van der Waals surface area contributed by atoms with Crippen molar-refractivity contribution in [1.29, 1.82) is 0 Å². The van der Waals surface area contributed by atoms with Gasteiger partial charge in [-0.1, -0.05) is 0 Å². The van der Waals surface area contributed by atoms with E-state index < -0.39 is 11.9 Å². The minimum absolute atomic E-state index is 0. The SMILES string of the molecule is O=C([O-])C(=O)O.[F-].[Na+].[Na+]. The van der Waals surface area contributed by atoms with Gasteiger partial charge in [0.2, 0.25) is 0 Å². The summed E-state index contributed by atoms with van der Waals surface area (Å²) in [5.74, 6) is -4.01. The molecule has 0 bridgehead atoms. The van der Waals surface area contributed by atoms with Crippen LogP contribution in [0.1, 0.15) is 0 Å². The van der Waals surface area contributed by atoms with Gasteiger partial charge in [-0.05, 0) is 0 Å². The molecule has 0 aromatic rings. The van der Waals surface area contributed by atoms with Crippen LogP contribution in [-0.2, 0) is 9.59 Å². The van der Waals surface area contributed by atoms with E-state index in [0.29, 0.717) is 0 Å². The van der Waals surface area contributed by atoms with E-state index in [4.69, 9.17) is 19.8 Å². The minimum Gasteiger partial charge on any atom is -1.00 e. The molecule has 0 aromatic heterocycles. The predicted molar refractivity (Wildman–Crippen MR) is 12.6 cm³/mol. The molecule has 0 rings (SSSR count). The summed E-state index contributed by atoms with van der Waals surface area (Å²) in [7, 11) is 0. The van der Waals surface area contributed by atoms with Crippen LogP contribution in [0.4, 0.5) is 0 Å². The van der Waals surface area contributed by atoms with Crippen molar-refractivity contribution in [3.05, 3.63) is 0 Å². The van der Waals surface area contributed by atoms with Crippen LogP contribution >= 0.6 is 0 Å². The first-order valence-corrected chi connectivity index (χ1v) is 1.09. The van der Waals surface area contributed by atoms with Crippen molar-refractivity contribution in [3.63, 3.8) is 0 Å². The van der Waals surface area contributed by atoms with Gasteiger partial charge in [-0.25, -0.2) is 4.79 Å². The first-order valence-electron chi connectivity index (χ1n) is 1.09. The van der Waals surface area contributed by atoms with Gasteiger partial charge in [-0.3, -0.25) is 0 Å². The Balaban J connectivity index is -0.0000000417. The van der Waals surface area contributed by atoms with Crippen LogP contribution < -0.4 is 68.9 Å². The Hall–Kier alpha value is 0.870. The summed E-state index contributed by atoms with van der Waals surface area (Å²) in [6.45, 7) is 0. The summed E-state index contributed by atoms with van der Waals surface area (Å²) in [4.78, 5) is 18.0. The zero-order valence-corrected chi connectivity index (χ0v) is 9.05. The molecule has 0 aliphatic heterocycles. The Kier molecular flexibility index (Phi) is 29.1. The van der Waals surface area contributed by atoms with Gasteiger partial charge >= 0.3 is 65.1 Å². The fraction of sp³-hybridized carbons (Fsp3) is 0. The summed E-state index contributed by atoms with van der Waals surface area (Å²) in [6.07, 6.45) is 0. The van der Waals surface area contributed by atoms with E-state index in [2.05, 4.69) is 0 Å². The number of hydrogen-bond acceptors (Lipinski definition) is 3. The molecule has 0 radical (unpaired) electrons. The van der Waals surface area contributed by atoms with Gasteiger partial charge in [-0.15, -0.1) is 0 Å². The number of carboxylic acid groups (broad SMARTS) is 2.